The van der Waals surface area contributed by atoms with Crippen molar-refractivity contribution in [2.75, 3.05) is 0 Å². The quantitative estimate of drug-likeness (QED) is 0.839. The number of rotatable bonds is 3. The van der Waals surface area contributed by atoms with Crippen LogP contribution in [-0.2, 0) is 14.3 Å². The van der Waals surface area contributed by atoms with E-state index in [-0.39, 0.29) is 4.90 Å². The Kier molecular flexibility index (Phi) is 5.18. The van der Waals surface area contributed by atoms with E-state index in [0.29, 0.717) is 0 Å². The van der Waals surface area contributed by atoms with E-state index in [0.717, 1.165) is 0 Å². The molecule has 0 unspecified atom stereocenters. The van der Waals surface area contributed by atoms with Crippen molar-refractivity contribution in [1.29, 1.82) is 0 Å². The fourth-order valence-electron chi connectivity index (χ4n) is 2.19. The molecule has 1 rings (SSSR count). The van der Waals surface area contributed by atoms with E-state index in [1.54, 1.807) is 0 Å². The first-order valence-corrected chi connectivity index (χ1v) is 7.39. The molecule has 0 aliphatic heterocycles. The lowest BCUT2D eigenvalue weighted by atomic mass is 10.1. The Hall–Kier alpha value is -1.93. The molecule has 0 bridgehead atoms. The third-order valence-corrected chi connectivity index (χ3v) is 3.21. The third-order valence-electron chi connectivity index (χ3n) is 3.21. The maximum Gasteiger partial charge on any atom is 0.420 e. The van der Waals surface area contributed by atoms with E-state index in [4.69, 9.17) is 9.47 Å². The lowest BCUT2D eigenvalue weighted by Crippen LogP contribution is -2.55. The Morgan fingerprint density at radius 3 is 1.62 bits per heavy atom. The molecular formula is C15H23F2NO6. The number of carbonyl (C=O) groups excluding carboxylic acids is 2. The maximum atomic E-state index is 13.0. The van der Waals surface area contributed by atoms with Gasteiger partial charge in [0.2, 0.25) is 6.43 Å². The fraction of sp³-hybridized carbons (Fsp3) is 0.800. The van der Waals surface area contributed by atoms with Gasteiger partial charge in [0.1, 0.15) is 11.2 Å². The summed E-state index contributed by atoms with van der Waals surface area (Å²) in [6.07, 6.45) is -6.23. The fourth-order valence-corrected chi connectivity index (χ4v) is 2.19. The molecule has 0 aromatic rings. The number of carboxylic acid groups (broad SMARTS) is 1. The van der Waals surface area contributed by atoms with Gasteiger partial charge in [-0.25, -0.2) is 23.2 Å². The molecule has 2 amide bonds. The van der Waals surface area contributed by atoms with E-state index in [1.807, 2.05) is 0 Å². The Balaban J connectivity index is 3.25. The van der Waals surface area contributed by atoms with Gasteiger partial charge in [0, 0.05) is 0 Å². The van der Waals surface area contributed by atoms with Crippen LogP contribution in [0.1, 0.15) is 48.0 Å². The van der Waals surface area contributed by atoms with Gasteiger partial charge < -0.3 is 14.6 Å². The Bertz CT molecular complexity index is 509. The van der Waals surface area contributed by atoms with Crippen molar-refractivity contribution in [3.63, 3.8) is 0 Å². The standard InChI is InChI=1S/C15H23F2NO6/c1-13(2,3)23-11(21)18(12(22)24-14(4,5)6)15(10(19)20)7-8(15)9(16)17/h8-9H,7H2,1-6H3,(H,19,20)/t8-,15+/m0/s1. The predicted molar refractivity (Wildman–Crippen MR) is 78.8 cm³/mol. The van der Waals surface area contributed by atoms with Crippen LogP contribution in [0.25, 0.3) is 0 Å². The molecule has 1 saturated carbocycles. The van der Waals surface area contributed by atoms with Crippen LogP contribution < -0.4 is 0 Å². The molecule has 1 fully saturated rings. The van der Waals surface area contributed by atoms with Crippen molar-refractivity contribution < 1.29 is 37.7 Å². The average Bonchev–Trinajstić information content (AvgIpc) is 3.00. The van der Waals surface area contributed by atoms with Crippen molar-refractivity contribution in [3.05, 3.63) is 0 Å². The van der Waals surface area contributed by atoms with Crippen molar-refractivity contribution >= 4 is 18.2 Å². The number of halogens is 2. The van der Waals surface area contributed by atoms with Gasteiger partial charge in [-0.05, 0) is 48.0 Å². The third kappa shape index (κ3) is 4.33. The van der Waals surface area contributed by atoms with Gasteiger partial charge in [-0.3, -0.25) is 0 Å². The first-order chi connectivity index (χ1) is 10.6. The topological polar surface area (TPSA) is 93.1 Å². The number of carbonyl (C=O) groups is 3. The molecule has 138 valence electrons. The van der Waals surface area contributed by atoms with Gasteiger partial charge in [0.05, 0.1) is 5.92 Å². The summed E-state index contributed by atoms with van der Waals surface area (Å²) >= 11 is 0. The summed E-state index contributed by atoms with van der Waals surface area (Å²) in [7, 11) is 0. The monoisotopic (exact) mass is 351 g/mol. The van der Waals surface area contributed by atoms with Crippen LogP contribution in [-0.4, -0.2) is 51.3 Å². The molecule has 1 aliphatic rings. The highest BCUT2D eigenvalue weighted by Crippen LogP contribution is 2.53. The number of ether oxygens (including phenoxy) is 2. The minimum Gasteiger partial charge on any atom is -0.479 e. The number of hydrogen-bond donors (Lipinski definition) is 1. The number of aliphatic carboxylic acids is 1. The zero-order chi connectivity index (χ0) is 19.1. The molecule has 0 radical (unpaired) electrons. The van der Waals surface area contributed by atoms with Crippen molar-refractivity contribution in [1.82, 2.24) is 4.90 Å². The zero-order valence-electron chi connectivity index (χ0n) is 14.6. The van der Waals surface area contributed by atoms with Gasteiger partial charge in [0.15, 0.2) is 5.54 Å². The van der Waals surface area contributed by atoms with E-state index in [9.17, 15) is 28.3 Å². The number of nitrogens with zero attached hydrogens (tertiary/aromatic N) is 1. The summed E-state index contributed by atoms with van der Waals surface area (Å²) in [6.45, 7) is 9.02. The second-order valence-corrected chi connectivity index (χ2v) is 7.67. The molecule has 0 aromatic heterocycles. The molecule has 0 saturated heterocycles. The molecule has 0 spiro atoms. The van der Waals surface area contributed by atoms with Gasteiger partial charge in [-0.2, -0.15) is 4.90 Å². The van der Waals surface area contributed by atoms with Gasteiger partial charge in [-0.1, -0.05) is 0 Å². The molecule has 0 aromatic carbocycles. The summed E-state index contributed by atoms with van der Waals surface area (Å²) in [5.41, 5.74) is -4.46. The SMILES string of the molecule is CC(C)(C)OC(=O)N(C(=O)OC(C)(C)C)[C@]1(C(=O)O)C[C@H]1C(F)F. The number of amides is 2. The van der Waals surface area contributed by atoms with E-state index < -0.39 is 53.7 Å². The van der Waals surface area contributed by atoms with Crippen LogP contribution in [0.4, 0.5) is 18.4 Å². The lowest BCUT2D eigenvalue weighted by molar-refractivity contribution is -0.146. The van der Waals surface area contributed by atoms with Crippen molar-refractivity contribution in [2.24, 2.45) is 5.92 Å². The smallest absolute Gasteiger partial charge is 0.420 e. The van der Waals surface area contributed by atoms with Gasteiger partial charge in [-0.15, -0.1) is 0 Å². The first kappa shape index (κ1) is 20.1. The predicted octanol–water partition coefficient (Wildman–Crippen LogP) is 3.27. The van der Waals surface area contributed by atoms with Crippen LogP contribution >= 0.6 is 0 Å². The van der Waals surface area contributed by atoms with E-state index in [1.165, 1.54) is 41.5 Å². The van der Waals surface area contributed by atoms with Gasteiger partial charge >= 0.3 is 18.2 Å². The minimum absolute atomic E-state index is 0.169. The van der Waals surface area contributed by atoms with Crippen molar-refractivity contribution in [2.45, 2.75) is 71.1 Å². The van der Waals surface area contributed by atoms with Crippen LogP contribution in [0.3, 0.4) is 0 Å². The average molecular weight is 351 g/mol. The molecule has 0 heterocycles. The minimum atomic E-state index is -3.01. The van der Waals surface area contributed by atoms with Crippen LogP contribution in [0.15, 0.2) is 0 Å². The lowest BCUT2D eigenvalue weighted by Gasteiger charge is -2.32. The van der Waals surface area contributed by atoms with Gasteiger partial charge in [0.25, 0.3) is 0 Å². The molecular weight excluding hydrogens is 328 g/mol. The molecule has 2 atom stereocenters. The normalized spacial score (nSPS) is 23.6. The Labute approximate surface area is 138 Å². The second kappa shape index (κ2) is 6.18. The second-order valence-electron chi connectivity index (χ2n) is 7.67. The number of carboxylic acids is 1. The van der Waals surface area contributed by atoms with Crippen LogP contribution in [0.5, 0.6) is 0 Å². The largest absolute Gasteiger partial charge is 0.479 e. The molecule has 9 heteroatoms. The summed E-state index contributed by atoms with van der Waals surface area (Å²) in [5, 5.41) is 9.40. The number of imide groups is 1. The number of hydrogen-bond acceptors (Lipinski definition) is 5. The summed E-state index contributed by atoms with van der Waals surface area (Å²) < 4.78 is 36.1. The summed E-state index contributed by atoms with van der Waals surface area (Å²) in [6, 6.07) is 0. The molecule has 24 heavy (non-hydrogen) atoms. The zero-order valence-corrected chi connectivity index (χ0v) is 14.6. The summed E-state index contributed by atoms with van der Waals surface area (Å²) in [5.74, 6) is -3.38. The molecule has 1 N–H and O–H groups in total. The summed E-state index contributed by atoms with van der Waals surface area (Å²) in [4.78, 5) is 36.4. The van der Waals surface area contributed by atoms with E-state index >= 15 is 0 Å². The highest BCUT2D eigenvalue weighted by molar-refractivity contribution is 5.98. The maximum absolute atomic E-state index is 13.0. The first-order valence-electron chi connectivity index (χ1n) is 7.39. The van der Waals surface area contributed by atoms with Crippen molar-refractivity contribution in [3.8, 4) is 0 Å². The van der Waals surface area contributed by atoms with Crippen LogP contribution in [0.2, 0.25) is 0 Å². The highest BCUT2D eigenvalue weighted by atomic mass is 19.3. The highest BCUT2D eigenvalue weighted by Gasteiger charge is 2.72. The molecule has 1 aliphatic carbocycles. The Morgan fingerprint density at radius 1 is 1.04 bits per heavy atom. The van der Waals surface area contributed by atoms with Crippen LogP contribution in [0, 0.1) is 5.92 Å². The number of alkyl halides is 2. The Morgan fingerprint density at radius 2 is 1.42 bits per heavy atom. The van der Waals surface area contributed by atoms with E-state index in [2.05, 4.69) is 0 Å². The molecule has 7 nitrogen and oxygen atoms in total.